The molecule has 0 atom stereocenters. The van der Waals surface area contributed by atoms with Crippen molar-refractivity contribution in [2.45, 2.75) is 245 Å². The number of carbonyl (C=O) groups excluding carboxylic acids is 2. The van der Waals surface area contributed by atoms with Gasteiger partial charge in [0.2, 0.25) is 0 Å². The predicted molar refractivity (Wildman–Crippen MR) is 251 cm³/mol. The largest absolute Gasteiger partial charge is 0.487 e. The molecule has 0 heterocycles. The van der Waals surface area contributed by atoms with Gasteiger partial charge in [0.05, 0.1) is 13.2 Å². The molecular formula is C51H98N2O7. The molecule has 2 N–H and O–H groups in total. The Bertz CT molecular complexity index is 973. The lowest BCUT2D eigenvalue weighted by atomic mass is 10.0. The molecule has 0 amide bonds. The Morgan fingerprint density at radius 3 is 1.13 bits per heavy atom. The number of esters is 1. The molecule has 0 aromatic heterocycles. The number of nitrogens with zero attached hydrogens (tertiary/aromatic N) is 2. The van der Waals surface area contributed by atoms with Crippen LogP contribution >= 0.6 is 0 Å². The monoisotopic (exact) mass is 851 g/mol. The molecule has 0 aliphatic heterocycles. The van der Waals surface area contributed by atoms with Gasteiger partial charge in [0, 0.05) is 32.4 Å². The van der Waals surface area contributed by atoms with E-state index in [-0.39, 0.29) is 19.0 Å². The molecule has 0 saturated carbocycles. The number of unbranched alkanes of at least 4 members (excludes halogenated alkanes) is 26. The van der Waals surface area contributed by atoms with E-state index in [4.69, 9.17) is 9.47 Å². The highest BCUT2D eigenvalue weighted by molar-refractivity contribution is 5.69. The third-order valence-corrected chi connectivity index (χ3v) is 11.8. The average Bonchev–Trinajstić information content (AvgIpc) is 3.24. The molecule has 0 saturated heterocycles. The molecule has 9 nitrogen and oxygen atoms in total. The Kier molecular flexibility index (Phi) is 46.6. The first kappa shape index (κ1) is 58.1. The van der Waals surface area contributed by atoms with Crippen LogP contribution in [0.5, 0.6) is 0 Å². The smallest absolute Gasteiger partial charge is 0.305 e. The van der Waals surface area contributed by atoms with Gasteiger partial charge in [0.1, 0.15) is 0 Å². The van der Waals surface area contributed by atoms with Crippen LogP contribution in [0.4, 0.5) is 0 Å². The summed E-state index contributed by atoms with van der Waals surface area (Å²) < 4.78 is 11.3. The van der Waals surface area contributed by atoms with Gasteiger partial charge < -0.3 is 29.5 Å². The highest BCUT2D eigenvalue weighted by Crippen LogP contribution is 2.16. The van der Waals surface area contributed by atoms with Crippen LogP contribution in [-0.4, -0.2) is 97.0 Å². The number of rotatable bonds is 50. The van der Waals surface area contributed by atoms with Gasteiger partial charge in [0.15, 0.2) is 11.7 Å². The maximum atomic E-state index is 12.5. The van der Waals surface area contributed by atoms with Crippen LogP contribution in [0.3, 0.4) is 0 Å². The van der Waals surface area contributed by atoms with Gasteiger partial charge in [-0.05, 0) is 77.7 Å². The molecule has 0 aliphatic carbocycles. The van der Waals surface area contributed by atoms with E-state index in [0.29, 0.717) is 57.6 Å². The van der Waals surface area contributed by atoms with Crippen LogP contribution in [-0.2, 0) is 23.9 Å². The fourth-order valence-corrected chi connectivity index (χ4v) is 8.05. The van der Waals surface area contributed by atoms with E-state index in [9.17, 15) is 24.6 Å². The molecule has 0 fully saturated rings. The van der Waals surface area contributed by atoms with E-state index in [1.165, 1.54) is 154 Å². The molecule has 0 aromatic carbocycles. The van der Waals surface area contributed by atoms with Crippen molar-refractivity contribution in [2.75, 3.05) is 59.1 Å². The molecule has 0 bridgehead atoms. The number of carboxylic acids is 1. The molecule has 60 heavy (non-hydrogen) atoms. The van der Waals surface area contributed by atoms with Crippen molar-refractivity contribution in [1.82, 2.24) is 9.80 Å². The lowest BCUT2D eigenvalue weighted by molar-refractivity contribution is -0.144. The van der Waals surface area contributed by atoms with Gasteiger partial charge in [-0.15, -0.1) is 0 Å². The van der Waals surface area contributed by atoms with Gasteiger partial charge >= 0.3 is 11.9 Å². The first-order chi connectivity index (χ1) is 29.5. The molecule has 0 spiro atoms. The molecular weight excluding hydrogens is 753 g/mol. The summed E-state index contributed by atoms with van der Waals surface area (Å²) in [4.78, 5) is 39.8. The summed E-state index contributed by atoms with van der Waals surface area (Å²) in [5.74, 6) is 1.49. The number of aliphatic hydroxyl groups is 1. The second-order valence-electron chi connectivity index (χ2n) is 17.6. The molecule has 0 aromatic rings. The first-order valence-electron chi connectivity index (χ1n) is 25.8. The number of aliphatic hydroxyl groups excluding tert-OH is 1. The van der Waals surface area contributed by atoms with Crippen LogP contribution in [0, 0.1) is 0 Å². The number of ether oxygens (including phenoxy) is 2. The topological polar surface area (TPSA) is 117 Å². The summed E-state index contributed by atoms with van der Waals surface area (Å²) in [6.07, 6.45) is 41.4. The minimum Gasteiger partial charge on any atom is -0.487 e. The molecule has 0 radical (unpaired) electrons. The maximum absolute atomic E-state index is 12.5. The number of hydrogen-bond donors (Lipinski definition) is 2. The van der Waals surface area contributed by atoms with Gasteiger partial charge in [-0.3, -0.25) is 9.59 Å². The van der Waals surface area contributed by atoms with E-state index < -0.39 is 5.97 Å². The maximum Gasteiger partial charge on any atom is 0.305 e. The number of allylic oxidation sites excluding steroid dienone is 1. The number of carbonyl (C=O) groups is 2. The summed E-state index contributed by atoms with van der Waals surface area (Å²) in [5, 5.41) is 18.7. The standard InChI is InChI=1S/C51H98N2O7/c1-3-5-7-9-11-13-14-15-16-17-18-19-20-21-22-24-26-28-30-47-60-51(58)38-33-41-52(40-32-37-50(56)57)42-34-43-53(44-35-45-54)39-31-36-49(48-55)59-46-29-27-25-23-12-10-8-6-4-2/h54H,3-47H2,1-2H3,(H,56,57). The Hall–Kier alpha value is -1.93. The van der Waals surface area contributed by atoms with E-state index in [1.54, 1.807) is 0 Å². The van der Waals surface area contributed by atoms with Crippen LogP contribution in [0.15, 0.2) is 5.76 Å². The van der Waals surface area contributed by atoms with Crippen LogP contribution < -0.4 is 0 Å². The van der Waals surface area contributed by atoms with Crippen molar-refractivity contribution in [2.24, 2.45) is 0 Å². The lowest BCUT2D eigenvalue weighted by Crippen LogP contribution is -2.33. The van der Waals surface area contributed by atoms with Crippen molar-refractivity contribution in [3.8, 4) is 0 Å². The second-order valence-corrected chi connectivity index (χ2v) is 17.6. The van der Waals surface area contributed by atoms with Gasteiger partial charge in [-0.1, -0.05) is 181 Å². The van der Waals surface area contributed by atoms with E-state index in [0.717, 1.165) is 71.2 Å². The van der Waals surface area contributed by atoms with Crippen molar-refractivity contribution < 1.29 is 34.1 Å². The summed E-state index contributed by atoms with van der Waals surface area (Å²) in [5.41, 5.74) is 0. The van der Waals surface area contributed by atoms with Crippen LogP contribution in [0.1, 0.15) is 245 Å². The molecule has 0 unspecified atom stereocenters. The molecule has 9 heteroatoms. The van der Waals surface area contributed by atoms with Crippen molar-refractivity contribution in [3.05, 3.63) is 5.76 Å². The Morgan fingerprint density at radius 1 is 0.417 bits per heavy atom. The summed E-state index contributed by atoms with van der Waals surface area (Å²) >= 11 is 0. The number of aliphatic carboxylic acids is 1. The van der Waals surface area contributed by atoms with Crippen molar-refractivity contribution in [3.63, 3.8) is 0 Å². The number of hydrogen-bond acceptors (Lipinski definition) is 8. The molecule has 354 valence electrons. The first-order valence-corrected chi connectivity index (χ1v) is 25.8. The number of carboxylic acid groups (broad SMARTS) is 1. The average molecular weight is 851 g/mol. The third kappa shape index (κ3) is 44.1. The van der Waals surface area contributed by atoms with Gasteiger partial charge in [-0.25, -0.2) is 4.79 Å². The van der Waals surface area contributed by atoms with E-state index in [1.807, 2.05) is 5.94 Å². The normalized spacial score (nSPS) is 11.4. The van der Waals surface area contributed by atoms with Crippen molar-refractivity contribution >= 4 is 17.9 Å². The fourth-order valence-electron chi connectivity index (χ4n) is 8.05. The predicted octanol–water partition coefficient (Wildman–Crippen LogP) is 13.0. The zero-order valence-electron chi connectivity index (χ0n) is 39.6. The Morgan fingerprint density at radius 2 is 0.750 bits per heavy atom. The van der Waals surface area contributed by atoms with Crippen LogP contribution in [0.2, 0.25) is 0 Å². The highest BCUT2D eigenvalue weighted by Gasteiger charge is 2.12. The third-order valence-electron chi connectivity index (χ3n) is 11.8. The summed E-state index contributed by atoms with van der Waals surface area (Å²) in [6, 6.07) is 0. The highest BCUT2D eigenvalue weighted by atomic mass is 16.5. The Labute approximate surface area is 370 Å². The zero-order valence-corrected chi connectivity index (χ0v) is 39.6. The van der Waals surface area contributed by atoms with Crippen LogP contribution in [0.25, 0.3) is 0 Å². The summed E-state index contributed by atoms with van der Waals surface area (Å²) in [7, 11) is 0. The van der Waals surface area contributed by atoms with Gasteiger partial charge in [-0.2, -0.15) is 0 Å². The minimum absolute atomic E-state index is 0.133. The molecule has 0 aliphatic rings. The zero-order chi connectivity index (χ0) is 43.8. The SMILES string of the molecule is CCCCCCCCCCCCCCCCCCCCCOC(=O)CCCN(CCCC(=O)O)CCCN(CCCO)CCCC(=C=O)OCCCCCCCCCCC. The minimum atomic E-state index is -0.788. The molecule has 0 rings (SSSR count). The van der Waals surface area contributed by atoms with E-state index >= 15 is 0 Å². The Balaban J connectivity index is 4.14. The summed E-state index contributed by atoms with van der Waals surface area (Å²) in [6.45, 7) is 10.4. The quantitative estimate of drug-likeness (QED) is 0.0267. The fraction of sp³-hybridized carbons (Fsp3) is 0.922. The van der Waals surface area contributed by atoms with Crippen molar-refractivity contribution in [1.29, 1.82) is 0 Å². The second kappa shape index (κ2) is 48.1. The van der Waals surface area contributed by atoms with Gasteiger partial charge in [0.25, 0.3) is 0 Å². The van der Waals surface area contributed by atoms with E-state index in [2.05, 4.69) is 23.6 Å². The lowest BCUT2D eigenvalue weighted by Gasteiger charge is -2.26.